The van der Waals surface area contributed by atoms with E-state index in [4.69, 9.17) is 10.5 Å². The van der Waals surface area contributed by atoms with Gasteiger partial charge in [0.15, 0.2) is 0 Å². The molecule has 0 aliphatic heterocycles. The Morgan fingerprint density at radius 3 is 2.68 bits per heavy atom. The van der Waals surface area contributed by atoms with E-state index in [1.807, 2.05) is 0 Å². The highest BCUT2D eigenvalue weighted by Gasteiger charge is 2.10. The molecule has 1 rings (SSSR count). The molecule has 0 bridgehead atoms. The Kier molecular flexibility index (Phi) is 6.32. The number of hydrogen-bond donors (Lipinski definition) is 3. The first-order valence-corrected chi connectivity index (χ1v) is 7.17. The molecule has 0 amide bonds. The average molecular weight is 291 g/mol. The molecule has 0 fully saturated rings. The minimum absolute atomic E-state index is 0.126. The Morgan fingerprint density at radius 2 is 2.11 bits per heavy atom. The van der Waals surface area contributed by atoms with Gasteiger partial charge in [-0.25, -0.2) is 4.39 Å². The third kappa shape index (κ3) is 5.62. The molecular weight excluding hydrogens is 273 g/mol. The van der Waals surface area contributed by atoms with Crippen LogP contribution in [0.3, 0.4) is 0 Å². The molecular formula is C11H18FN3O3S. The predicted molar refractivity (Wildman–Crippen MR) is 69.9 cm³/mol. The summed E-state index contributed by atoms with van der Waals surface area (Å²) in [6.07, 6.45) is 0. The van der Waals surface area contributed by atoms with Crippen molar-refractivity contribution in [3.63, 3.8) is 0 Å². The molecule has 0 aliphatic carbocycles. The standard InChI is InChI=1S/C11H18FN3O3S/c1-18-5-4-14-19(16,17)15-8-10-3-2-9(7-13)6-11(10)12/h2-3,6,14-15H,4-5,7-8,13H2,1H3. The van der Waals surface area contributed by atoms with Crippen LogP contribution in [0.25, 0.3) is 0 Å². The molecule has 0 radical (unpaired) electrons. The van der Waals surface area contributed by atoms with Crippen LogP contribution in [0.5, 0.6) is 0 Å². The van der Waals surface area contributed by atoms with Gasteiger partial charge in [0, 0.05) is 32.3 Å². The van der Waals surface area contributed by atoms with Crippen molar-refractivity contribution in [3.05, 3.63) is 35.1 Å². The van der Waals surface area contributed by atoms with Gasteiger partial charge >= 0.3 is 0 Å². The van der Waals surface area contributed by atoms with Gasteiger partial charge in [0.2, 0.25) is 0 Å². The van der Waals surface area contributed by atoms with E-state index in [0.717, 1.165) is 0 Å². The number of nitrogens with two attached hydrogens (primary N) is 1. The summed E-state index contributed by atoms with van der Waals surface area (Å²) in [4.78, 5) is 0. The fourth-order valence-corrected chi connectivity index (χ4v) is 2.16. The van der Waals surface area contributed by atoms with E-state index < -0.39 is 16.0 Å². The summed E-state index contributed by atoms with van der Waals surface area (Å²) in [5, 5.41) is 0. The van der Waals surface area contributed by atoms with Gasteiger partial charge in [-0.1, -0.05) is 12.1 Å². The first-order valence-electron chi connectivity index (χ1n) is 5.69. The lowest BCUT2D eigenvalue weighted by molar-refractivity contribution is 0.204. The molecule has 0 spiro atoms. The Morgan fingerprint density at radius 1 is 1.37 bits per heavy atom. The van der Waals surface area contributed by atoms with Crippen LogP contribution < -0.4 is 15.2 Å². The quantitative estimate of drug-likeness (QED) is 0.581. The van der Waals surface area contributed by atoms with Crippen LogP contribution in [0.1, 0.15) is 11.1 Å². The van der Waals surface area contributed by atoms with E-state index in [9.17, 15) is 12.8 Å². The predicted octanol–water partition coefficient (Wildman–Crippen LogP) is -0.145. The lowest BCUT2D eigenvalue weighted by Gasteiger charge is -2.09. The molecule has 4 N–H and O–H groups in total. The highest BCUT2D eigenvalue weighted by atomic mass is 32.2. The molecule has 1 aromatic rings. The van der Waals surface area contributed by atoms with Crippen molar-refractivity contribution in [2.24, 2.45) is 5.73 Å². The molecule has 0 aromatic heterocycles. The molecule has 0 saturated heterocycles. The number of halogens is 1. The molecule has 1 aromatic carbocycles. The number of hydrogen-bond acceptors (Lipinski definition) is 4. The second-order valence-electron chi connectivity index (χ2n) is 3.84. The van der Waals surface area contributed by atoms with Crippen molar-refractivity contribution in [2.45, 2.75) is 13.1 Å². The van der Waals surface area contributed by atoms with Gasteiger partial charge in [-0.15, -0.1) is 0 Å². The fourth-order valence-electron chi connectivity index (χ4n) is 1.36. The van der Waals surface area contributed by atoms with E-state index in [1.165, 1.54) is 19.2 Å². The SMILES string of the molecule is COCCNS(=O)(=O)NCc1ccc(CN)cc1F. The van der Waals surface area contributed by atoms with Gasteiger partial charge in [-0.2, -0.15) is 17.9 Å². The summed E-state index contributed by atoms with van der Waals surface area (Å²) in [7, 11) is -2.19. The van der Waals surface area contributed by atoms with Crippen LogP contribution in [-0.4, -0.2) is 28.7 Å². The first-order chi connectivity index (χ1) is 8.98. The van der Waals surface area contributed by atoms with Crippen molar-refractivity contribution in [3.8, 4) is 0 Å². The summed E-state index contributed by atoms with van der Waals surface area (Å²) < 4.78 is 45.8. The summed E-state index contributed by atoms with van der Waals surface area (Å²) in [5.74, 6) is -0.484. The van der Waals surface area contributed by atoms with Crippen LogP contribution in [0, 0.1) is 5.82 Å². The zero-order valence-corrected chi connectivity index (χ0v) is 11.5. The van der Waals surface area contributed by atoms with Gasteiger partial charge < -0.3 is 10.5 Å². The van der Waals surface area contributed by atoms with Crippen molar-refractivity contribution in [1.29, 1.82) is 0 Å². The maximum atomic E-state index is 13.6. The minimum atomic E-state index is -3.66. The smallest absolute Gasteiger partial charge is 0.277 e. The highest BCUT2D eigenvalue weighted by Crippen LogP contribution is 2.10. The molecule has 0 saturated carbocycles. The lowest BCUT2D eigenvalue weighted by atomic mass is 10.1. The molecule has 0 heterocycles. The number of benzene rings is 1. The summed E-state index contributed by atoms with van der Waals surface area (Å²) in [6, 6.07) is 4.46. The normalized spacial score (nSPS) is 11.7. The Bertz CT molecular complexity index is 508. The van der Waals surface area contributed by atoms with E-state index in [1.54, 1.807) is 6.07 Å². The second-order valence-corrected chi connectivity index (χ2v) is 5.43. The summed E-state index contributed by atoms with van der Waals surface area (Å²) in [5.41, 5.74) is 6.29. The lowest BCUT2D eigenvalue weighted by Crippen LogP contribution is -2.37. The maximum Gasteiger partial charge on any atom is 0.277 e. The summed E-state index contributed by atoms with van der Waals surface area (Å²) in [6.45, 7) is 0.529. The number of rotatable bonds is 8. The van der Waals surface area contributed by atoms with Crippen molar-refractivity contribution < 1.29 is 17.5 Å². The fraction of sp³-hybridized carbons (Fsp3) is 0.455. The molecule has 0 aliphatic rings. The molecule has 6 nitrogen and oxygen atoms in total. The molecule has 0 atom stereocenters. The van der Waals surface area contributed by atoms with Crippen LogP contribution in [0.2, 0.25) is 0 Å². The maximum absolute atomic E-state index is 13.6. The molecule has 108 valence electrons. The van der Waals surface area contributed by atoms with Crippen LogP contribution in [0.4, 0.5) is 4.39 Å². The average Bonchev–Trinajstić information content (AvgIpc) is 2.37. The molecule has 8 heteroatoms. The zero-order valence-electron chi connectivity index (χ0n) is 10.6. The zero-order chi connectivity index (χ0) is 14.3. The number of ether oxygens (including phenoxy) is 1. The Balaban J connectivity index is 2.56. The first kappa shape index (κ1) is 16.0. The topological polar surface area (TPSA) is 93.4 Å². The van der Waals surface area contributed by atoms with E-state index in [0.29, 0.717) is 5.56 Å². The van der Waals surface area contributed by atoms with Gasteiger partial charge in [-0.3, -0.25) is 0 Å². The second kappa shape index (κ2) is 7.51. The van der Waals surface area contributed by atoms with Gasteiger partial charge in [0.25, 0.3) is 10.2 Å². The minimum Gasteiger partial charge on any atom is -0.383 e. The number of methoxy groups -OCH3 is 1. The van der Waals surface area contributed by atoms with Gasteiger partial charge in [0.1, 0.15) is 5.82 Å². The van der Waals surface area contributed by atoms with Crippen LogP contribution >= 0.6 is 0 Å². The van der Waals surface area contributed by atoms with E-state index >= 15 is 0 Å². The number of nitrogens with one attached hydrogen (secondary N) is 2. The van der Waals surface area contributed by atoms with Crippen molar-refractivity contribution in [1.82, 2.24) is 9.44 Å². The van der Waals surface area contributed by atoms with Crippen LogP contribution in [0.15, 0.2) is 18.2 Å². The third-order valence-corrected chi connectivity index (χ3v) is 3.51. The van der Waals surface area contributed by atoms with Crippen molar-refractivity contribution in [2.75, 3.05) is 20.3 Å². The van der Waals surface area contributed by atoms with Crippen LogP contribution in [-0.2, 0) is 28.0 Å². The molecule has 0 unspecified atom stereocenters. The Hall–Kier alpha value is -1.06. The summed E-state index contributed by atoms with van der Waals surface area (Å²) >= 11 is 0. The Labute approximate surface area is 112 Å². The monoisotopic (exact) mass is 291 g/mol. The van der Waals surface area contributed by atoms with E-state index in [2.05, 4.69) is 9.44 Å². The van der Waals surface area contributed by atoms with E-state index in [-0.39, 0.29) is 31.8 Å². The highest BCUT2D eigenvalue weighted by molar-refractivity contribution is 7.87. The van der Waals surface area contributed by atoms with Gasteiger partial charge in [0.05, 0.1) is 6.61 Å². The molecule has 19 heavy (non-hydrogen) atoms. The van der Waals surface area contributed by atoms with Gasteiger partial charge in [-0.05, 0) is 11.6 Å². The largest absolute Gasteiger partial charge is 0.383 e. The third-order valence-electron chi connectivity index (χ3n) is 2.40. The van der Waals surface area contributed by atoms with Crippen molar-refractivity contribution >= 4 is 10.2 Å².